The molecule has 1 heterocycles. The number of carbonyl (C=O) groups excluding carboxylic acids is 2. The van der Waals surface area contributed by atoms with Gasteiger partial charge in [-0.2, -0.15) is 4.31 Å². The van der Waals surface area contributed by atoms with E-state index in [1.54, 1.807) is 24.3 Å². The van der Waals surface area contributed by atoms with E-state index in [1.807, 2.05) is 25.1 Å². The summed E-state index contributed by atoms with van der Waals surface area (Å²) in [7, 11) is -3.80. The lowest BCUT2D eigenvalue weighted by Crippen LogP contribution is -2.37. The average Bonchev–Trinajstić information content (AvgIpc) is 2.79. The van der Waals surface area contributed by atoms with Crippen molar-refractivity contribution in [2.45, 2.75) is 31.1 Å². The maximum atomic E-state index is 13.0. The van der Waals surface area contributed by atoms with Gasteiger partial charge in [-0.3, -0.25) is 4.79 Å². The molecule has 2 aromatic rings. The van der Waals surface area contributed by atoms with Crippen LogP contribution in [0.1, 0.15) is 36.5 Å². The van der Waals surface area contributed by atoms with Crippen LogP contribution in [0.4, 0.5) is 5.69 Å². The highest BCUT2D eigenvalue weighted by molar-refractivity contribution is 7.89. The summed E-state index contributed by atoms with van der Waals surface area (Å²) >= 11 is 0. The Bertz CT molecular complexity index is 986. The second-order valence-electron chi connectivity index (χ2n) is 7.01. The molecule has 8 heteroatoms. The summed E-state index contributed by atoms with van der Waals surface area (Å²) in [6, 6.07) is 15.1. The first-order chi connectivity index (χ1) is 14.4. The minimum absolute atomic E-state index is 0.0568. The van der Waals surface area contributed by atoms with Crippen LogP contribution in [-0.4, -0.2) is 50.8 Å². The maximum absolute atomic E-state index is 13.0. The molecule has 1 amide bonds. The van der Waals surface area contributed by atoms with E-state index in [2.05, 4.69) is 0 Å². The van der Waals surface area contributed by atoms with Crippen molar-refractivity contribution in [3.63, 3.8) is 0 Å². The third-order valence-corrected chi connectivity index (χ3v) is 7.01. The largest absolute Gasteiger partial charge is 0.452 e. The molecule has 0 bridgehead atoms. The first-order valence-corrected chi connectivity index (χ1v) is 11.5. The van der Waals surface area contributed by atoms with E-state index >= 15 is 0 Å². The monoisotopic (exact) mass is 430 g/mol. The molecular weight excluding hydrogens is 404 g/mol. The quantitative estimate of drug-likeness (QED) is 0.631. The van der Waals surface area contributed by atoms with Crippen molar-refractivity contribution in [1.82, 2.24) is 4.31 Å². The molecule has 1 fully saturated rings. The van der Waals surface area contributed by atoms with Gasteiger partial charge < -0.3 is 9.64 Å². The van der Waals surface area contributed by atoms with Crippen LogP contribution in [0.15, 0.2) is 59.5 Å². The first-order valence-electron chi connectivity index (χ1n) is 10.1. The number of nitrogens with zero attached hydrogens (tertiary/aromatic N) is 2. The van der Waals surface area contributed by atoms with Crippen LogP contribution in [0.3, 0.4) is 0 Å². The second kappa shape index (κ2) is 9.86. The summed E-state index contributed by atoms with van der Waals surface area (Å²) in [6.45, 7) is 2.65. The molecule has 0 unspecified atom stereocenters. The fourth-order valence-electron chi connectivity index (χ4n) is 3.50. The number of para-hydroxylation sites is 1. The number of ether oxygens (including phenoxy) is 1. The van der Waals surface area contributed by atoms with Crippen LogP contribution in [0, 0.1) is 0 Å². The molecule has 0 saturated carbocycles. The topological polar surface area (TPSA) is 84.0 Å². The van der Waals surface area contributed by atoms with E-state index < -0.39 is 22.6 Å². The third-order valence-electron chi connectivity index (χ3n) is 5.05. The predicted molar refractivity (Wildman–Crippen MR) is 114 cm³/mol. The maximum Gasteiger partial charge on any atom is 0.340 e. The molecule has 7 nitrogen and oxygen atoms in total. The smallest absolute Gasteiger partial charge is 0.340 e. The van der Waals surface area contributed by atoms with E-state index in [1.165, 1.54) is 21.3 Å². The molecule has 1 aliphatic rings. The van der Waals surface area contributed by atoms with Crippen molar-refractivity contribution in [2.75, 3.05) is 31.1 Å². The van der Waals surface area contributed by atoms with Crippen LogP contribution in [0.25, 0.3) is 0 Å². The van der Waals surface area contributed by atoms with Gasteiger partial charge in [-0.1, -0.05) is 36.8 Å². The fraction of sp³-hybridized carbons (Fsp3) is 0.364. The van der Waals surface area contributed by atoms with Gasteiger partial charge in [0.15, 0.2) is 6.61 Å². The Hall–Kier alpha value is -2.71. The minimum Gasteiger partial charge on any atom is -0.452 e. The number of rotatable bonds is 7. The molecule has 30 heavy (non-hydrogen) atoms. The lowest BCUT2D eigenvalue weighted by atomic mass is 10.2. The zero-order valence-corrected chi connectivity index (χ0v) is 17.8. The summed E-state index contributed by atoms with van der Waals surface area (Å²) in [6.07, 6.45) is 2.59. The van der Waals surface area contributed by atoms with E-state index in [9.17, 15) is 18.0 Å². The van der Waals surface area contributed by atoms with Crippen molar-refractivity contribution in [1.29, 1.82) is 0 Å². The molecule has 0 spiro atoms. The molecule has 0 aromatic heterocycles. The molecule has 1 aliphatic heterocycles. The molecule has 160 valence electrons. The van der Waals surface area contributed by atoms with E-state index in [0.29, 0.717) is 25.3 Å². The lowest BCUT2D eigenvalue weighted by molar-refractivity contribution is -0.121. The normalized spacial score (nSPS) is 14.8. The van der Waals surface area contributed by atoms with Crippen molar-refractivity contribution in [3.05, 3.63) is 60.2 Å². The van der Waals surface area contributed by atoms with Crippen molar-refractivity contribution in [3.8, 4) is 0 Å². The Kier molecular flexibility index (Phi) is 7.23. The van der Waals surface area contributed by atoms with Gasteiger partial charge in [0.25, 0.3) is 5.91 Å². The zero-order chi connectivity index (χ0) is 21.6. The van der Waals surface area contributed by atoms with Gasteiger partial charge in [0, 0.05) is 25.3 Å². The van der Waals surface area contributed by atoms with Crippen LogP contribution in [0.5, 0.6) is 0 Å². The number of sulfonamides is 1. The van der Waals surface area contributed by atoms with E-state index in [-0.39, 0.29) is 16.4 Å². The summed E-state index contributed by atoms with van der Waals surface area (Å²) in [5.41, 5.74) is 0.646. The number of hydrogen-bond donors (Lipinski definition) is 0. The number of esters is 1. The second-order valence-corrected chi connectivity index (χ2v) is 8.92. The standard InChI is InChI=1S/C22H26N2O5S/c1-2-24(18-11-5-3-6-12-18)21(25)17-29-22(26)19-13-7-8-14-20(19)30(27,28)23-15-9-4-10-16-23/h3,5-8,11-14H,2,4,9-10,15-17H2,1H3. The number of piperidine rings is 1. The fourth-order valence-corrected chi connectivity index (χ4v) is 5.20. The van der Waals surface area contributed by atoms with Gasteiger partial charge in [0.1, 0.15) is 0 Å². The number of likely N-dealkylation sites (N-methyl/N-ethyl adjacent to an activating group) is 1. The molecule has 0 atom stereocenters. The molecule has 0 N–H and O–H groups in total. The first kappa shape index (κ1) is 22.0. The van der Waals surface area contributed by atoms with Crippen LogP contribution in [0.2, 0.25) is 0 Å². The van der Waals surface area contributed by atoms with Gasteiger partial charge in [0.2, 0.25) is 10.0 Å². The zero-order valence-electron chi connectivity index (χ0n) is 17.0. The summed E-state index contributed by atoms with van der Waals surface area (Å²) in [4.78, 5) is 26.7. The Morgan fingerprint density at radius 2 is 1.60 bits per heavy atom. The minimum atomic E-state index is -3.80. The number of benzene rings is 2. The van der Waals surface area contributed by atoms with Gasteiger partial charge in [-0.25, -0.2) is 13.2 Å². The number of anilines is 1. The molecule has 0 radical (unpaired) electrons. The van der Waals surface area contributed by atoms with E-state index in [0.717, 1.165) is 19.3 Å². The highest BCUT2D eigenvalue weighted by Crippen LogP contribution is 2.24. The molecule has 0 aliphatic carbocycles. The summed E-state index contributed by atoms with van der Waals surface area (Å²) < 4.78 is 32.7. The van der Waals surface area contributed by atoms with Gasteiger partial charge in [-0.15, -0.1) is 0 Å². The molecule has 1 saturated heterocycles. The van der Waals surface area contributed by atoms with Crippen LogP contribution < -0.4 is 4.90 Å². The molecule has 2 aromatic carbocycles. The Balaban J connectivity index is 1.74. The lowest BCUT2D eigenvalue weighted by Gasteiger charge is -2.26. The van der Waals surface area contributed by atoms with Gasteiger partial charge in [-0.05, 0) is 44.0 Å². The number of amides is 1. The highest BCUT2D eigenvalue weighted by atomic mass is 32.2. The predicted octanol–water partition coefficient (Wildman–Crippen LogP) is 3.07. The Labute approximate surface area is 177 Å². The average molecular weight is 431 g/mol. The van der Waals surface area contributed by atoms with Crippen LogP contribution in [-0.2, 0) is 19.6 Å². The molecule has 3 rings (SSSR count). The van der Waals surface area contributed by atoms with Crippen LogP contribution >= 0.6 is 0 Å². The van der Waals surface area contributed by atoms with Crippen molar-refractivity contribution >= 4 is 27.6 Å². The number of carbonyl (C=O) groups is 2. The van der Waals surface area contributed by atoms with Crippen molar-refractivity contribution in [2.24, 2.45) is 0 Å². The van der Waals surface area contributed by atoms with E-state index in [4.69, 9.17) is 4.74 Å². The summed E-state index contributed by atoms with van der Waals surface area (Å²) in [5.74, 6) is -1.21. The van der Waals surface area contributed by atoms with Crippen molar-refractivity contribution < 1.29 is 22.7 Å². The SMILES string of the molecule is CCN(C(=O)COC(=O)c1ccccc1S(=O)(=O)N1CCCCC1)c1ccccc1. The van der Waals surface area contributed by atoms with Gasteiger partial charge in [0.05, 0.1) is 10.5 Å². The highest BCUT2D eigenvalue weighted by Gasteiger charge is 2.30. The number of hydrogen-bond acceptors (Lipinski definition) is 5. The third kappa shape index (κ3) is 4.88. The summed E-state index contributed by atoms with van der Waals surface area (Å²) in [5, 5.41) is 0. The van der Waals surface area contributed by atoms with Gasteiger partial charge >= 0.3 is 5.97 Å². The Morgan fingerprint density at radius 3 is 2.27 bits per heavy atom. The molecular formula is C22H26N2O5S. The Morgan fingerprint density at radius 1 is 0.967 bits per heavy atom.